The number of anilines is 1. The number of alkyl halides is 3. The molecule has 0 spiro atoms. The summed E-state index contributed by atoms with van der Waals surface area (Å²) in [6.07, 6.45) is -3.79. The smallest absolute Gasteiger partial charge is 0.353 e. The first-order valence-electron chi connectivity index (χ1n) is 9.23. The number of halogens is 3. The van der Waals surface area contributed by atoms with E-state index < -0.39 is 17.6 Å². The van der Waals surface area contributed by atoms with Crippen LogP contribution in [-0.4, -0.2) is 56.8 Å². The molecule has 0 aliphatic carbocycles. The van der Waals surface area contributed by atoms with Crippen molar-refractivity contribution in [2.24, 2.45) is 0 Å². The second-order valence-electron chi connectivity index (χ2n) is 6.92. The number of fused-ring (bicyclic) bond motifs is 1. The Hall–Kier alpha value is -3.17. The number of amides is 1. The summed E-state index contributed by atoms with van der Waals surface area (Å²) in [5.41, 5.74) is -0.114. The van der Waals surface area contributed by atoms with Crippen molar-refractivity contribution >= 4 is 17.4 Å². The molecule has 0 bridgehead atoms. The first kappa shape index (κ1) is 19.2. The van der Waals surface area contributed by atoms with E-state index in [4.69, 9.17) is 0 Å². The molecule has 152 valence electrons. The van der Waals surface area contributed by atoms with Crippen LogP contribution in [0.2, 0.25) is 0 Å². The minimum atomic E-state index is -4.48. The van der Waals surface area contributed by atoms with Gasteiger partial charge >= 0.3 is 6.18 Å². The molecule has 7 nitrogen and oxygen atoms in total. The van der Waals surface area contributed by atoms with Crippen molar-refractivity contribution in [1.82, 2.24) is 24.7 Å². The number of carbonyl (C=O) groups is 1. The molecule has 1 saturated heterocycles. The van der Waals surface area contributed by atoms with E-state index in [9.17, 15) is 18.0 Å². The molecule has 4 rings (SSSR count). The van der Waals surface area contributed by atoms with E-state index in [1.807, 2.05) is 19.1 Å². The summed E-state index contributed by atoms with van der Waals surface area (Å²) in [7, 11) is 0. The van der Waals surface area contributed by atoms with Crippen LogP contribution in [0.4, 0.5) is 19.0 Å². The summed E-state index contributed by atoms with van der Waals surface area (Å²) in [6, 6.07) is 8.25. The number of rotatable bonds is 2. The van der Waals surface area contributed by atoms with Crippen molar-refractivity contribution in [2.75, 3.05) is 31.1 Å². The van der Waals surface area contributed by atoms with E-state index in [0.717, 1.165) is 18.0 Å². The number of aromatic nitrogens is 4. The normalized spacial score (nSPS) is 15.6. The first-order chi connectivity index (χ1) is 13.8. The quantitative estimate of drug-likeness (QED) is 0.657. The van der Waals surface area contributed by atoms with Gasteiger partial charge in [0.2, 0.25) is 0 Å². The van der Waals surface area contributed by atoms with Crippen LogP contribution in [0, 0.1) is 6.92 Å². The predicted molar refractivity (Wildman–Crippen MR) is 99.7 cm³/mol. The van der Waals surface area contributed by atoms with E-state index >= 15 is 0 Å². The van der Waals surface area contributed by atoms with Crippen LogP contribution in [0.3, 0.4) is 0 Å². The average molecular weight is 404 g/mol. The summed E-state index contributed by atoms with van der Waals surface area (Å²) < 4.78 is 40.5. The number of hydrogen-bond acceptors (Lipinski definition) is 5. The van der Waals surface area contributed by atoms with Crippen LogP contribution in [0.25, 0.3) is 5.65 Å². The van der Waals surface area contributed by atoms with Crippen molar-refractivity contribution in [3.05, 3.63) is 53.3 Å². The van der Waals surface area contributed by atoms with E-state index in [-0.39, 0.29) is 5.56 Å². The standard InChI is InChI=1S/C19H19F3N6O/c1-13-23-24-16-6-7-17(25-28(13)16)26-8-3-9-27(11-10-26)18(29)14-4-2-5-15(12-14)19(20,21)22/h2,4-7,12H,3,8-11H2,1H3. The molecule has 1 amide bonds. The monoisotopic (exact) mass is 404 g/mol. The van der Waals surface area contributed by atoms with Crippen molar-refractivity contribution in [3.63, 3.8) is 0 Å². The molecule has 0 radical (unpaired) electrons. The summed E-state index contributed by atoms with van der Waals surface area (Å²) in [4.78, 5) is 16.4. The molecule has 0 N–H and O–H groups in total. The number of hydrogen-bond donors (Lipinski definition) is 0. The SMILES string of the molecule is Cc1nnc2ccc(N3CCCN(C(=O)c4cccc(C(F)(F)F)c4)CC3)nn12. The van der Waals surface area contributed by atoms with Gasteiger partial charge in [0, 0.05) is 31.7 Å². The number of aryl methyl sites for hydroxylation is 1. The largest absolute Gasteiger partial charge is 0.416 e. The predicted octanol–water partition coefficient (Wildman–Crippen LogP) is 2.80. The van der Waals surface area contributed by atoms with Crippen LogP contribution < -0.4 is 4.90 Å². The minimum Gasteiger partial charge on any atom is -0.353 e. The zero-order valence-corrected chi connectivity index (χ0v) is 15.7. The second kappa shape index (κ2) is 7.34. The number of carbonyl (C=O) groups excluding carboxylic acids is 1. The van der Waals surface area contributed by atoms with Crippen LogP contribution >= 0.6 is 0 Å². The summed E-state index contributed by atoms with van der Waals surface area (Å²) >= 11 is 0. The van der Waals surface area contributed by atoms with Gasteiger partial charge in [0.25, 0.3) is 5.91 Å². The fraction of sp³-hybridized carbons (Fsp3) is 0.368. The Bertz CT molecular complexity index is 1050. The van der Waals surface area contributed by atoms with Gasteiger partial charge in [-0.25, -0.2) is 0 Å². The van der Waals surface area contributed by atoms with Gasteiger partial charge in [-0.3, -0.25) is 4.79 Å². The second-order valence-corrected chi connectivity index (χ2v) is 6.92. The Morgan fingerprint density at radius 3 is 2.66 bits per heavy atom. The Kier molecular flexibility index (Phi) is 4.85. The first-order valence-corrected chi connectivity index (χ1v) is 9.23. The van der Waals surface area contributed by atoms with Crippen LogP contribution in [0.5, 0.6) is 0 Å². The van der Waals surface area contributed by atoms with Crippen LogP contribution in [0.1, 0.15) is 28.2 Å². The van der Waals surface area contributed by atoms with Gasteiger partial charge < -0.3 is 9.80 Å². The summed E-state index contributed by atoms with van der Waals surface area (Å²) in [5, 5.41) is 12.6. The van der Waals surface area contributed by atoms with Gasteiger partial charge in [-0.2, -0.15) is 17.7 Å². The molecule has 1 aromatic carbocycles. The van der Waals surface area contributed by atoms with Crippen molar-refractivity contribution in [1.29, 1.82) is 0 Å². The Morgan fingerprint density at radius 1 is 1.03 bits per heavy atom. The van der Waals surface area contributed by atoms with Gasteiger partial charge in [0.05, 0.1) is 5.56 Å². The average Bonchev–Trinajstić information content (AvgIpc) is 2.92. The number of benzene rings is 1. The molecule has 1 aliphatic rings. The van der Waals surface area contributed by atoms with Gasteiger partial charge in [0.1, 0.15) is 5.82 Å². The van der Waals surface area contributed by atoms with Gasteiger partial charge in [-0.1, -0.05) is 6.07 Å². The van der Waals surface area contributed by atoms with E-state index in [0.29, 0.717) is 44.1 Å². The molecule has 0 saturated carbocycles. The Balaban J connectivity index is 1.49. The van der Waals surface area contributed by atoms with Crippen molar-refractivity contribution in [3.8, 4) is 0 Å². The number of nitrogens with zero attached hydrogens (tertiary/aromatic N) is 6. The Morgan fingerprint density at radius 2 is 1.86 bits per heavy atom. The molecular formula is C19H19F3N6O. The molecular weight excluding hydrogens is 385 g/mol. The third-order valence-electron chi connectivity index (χ3n) is 4.95. The maximum absolute atomic E-state index is 12.9. The fourth-order valence-electron chi connectivity index (χ4n) is 3.42. The molecule has 1 fully saturated rings. The van der Waals surface area contributed by atoms with Crippen molar-refractivity contribution in [2.45, 2.75) is 19.5 Å². The topological polar surface area (TPSA) is 66.6 Å². The lowest BCUT2D eigenvalue weighted by Gasteiger charge is -2.23. The highest BCUT2D eigenvalue weighted by Gasteiger charge is 2.31. The van der Waals surface area contributed by atoms with E-state index in [1.165, 1.54) is 12.1 Å². The molecule has 0 unspecified atom stereocenters. The zero-order valence-electron chi connectivity index (χ0n) is 15.7. The summed E-state index contributed by atoms with van der Waals surface area (Å²) in [5.74, 6) is 1.03. The Labute approximate surface area is 164 Å². The highest BCUT2D eigenvalue weighted by atomic mass is 19.4. The molecule has 2 aromatic heterocycles. The van der Waals surface area contributed by atoms with Crippen molar-refractivity contribution < 1.29 is 18.0 Å². The maximum Gasteiger partial charge on any atom is 0.416 e. The van der Waals surface area contributed by atoms with E-state index in [1.54, 1.807) is 9.42 Å². The lowest BCUT2D eigenvalue weighted by Crippen LogP contribution is -2.35. The van der Waals surface area contributed by atoms with Crippen LogP contribution in [-0.2, 0) is 6.18 Å². The lowest BCUT2D eigenvalue weighted by molar-refractivity contribution is -0.137. The molecule has 3 heterocycles. The van der Waals surface area contributed by atoms with Gasteiger partial charge in [-0.15, -0.1) is 15.3 Å². The van der Waals surface area contributed by atoms with Gasteiger partial charge in [-0.05, 0) is 43.7 Å². The van der Waals surface area contributed by atoms with Gasteiger partial charge in [0.15, 0.2) is 11.5 Å². The molecule has 1 aliphatic heterocycles. The fourth-order valence-corrected chi connectivity index (χ4v) is 3.42. The minimum absolute atomic E-state index is 0.0490. The molecule has 29 heavy (non-hydrogen) atoms. The van der Waals surface area contributed by atoms with Crippen LogP contribution in [0.15, 0.2) is 36.4 Å². The summed E-state index contributed by atoms with van der Waals surface area (Å²) in [6.45, 7) is 3.90. The maximum atomic E-state index is 12.9. The van der Waals surface area contributed by atoms with E-state index in [2.05, 4.69) is 20.2 Å². The third kappa shape index (κ3) is 3.87. The molecule has 0 atom stereocenters. The third-order valence-corrected chi connectivity index (χ3v) is 4.95. The zero-order chi connectivity index (χ0) is 20.6. The highest BCUT2D eigenvalue weighted by molar-refractivity contribution is 5.94. The molecule has 10 heteroatoms. The lowest BCUT2D eigenvalue weighted by atomic mass is 10.1. The molecule has 3 aromatic rings. The highest BCUT2D eigenvalue weighted by Crippen LogP contribution is 2.30.